The van der Waals surface area contributed by atoms with Gasteiger partial charge in [0, 0.05) is 29.5 Å². The molecule has 0 atom stereocenters. The van der Waals surface area contributed by atoms with Gasteiger partial charge in [-0.15, -0.1) is 11.3 Å². The van der Waals surface area contributed by atoms with Crippen LogP contribution in [0.4, 0.5) is 18.9 Å². The van der Waals surface area contributed by atoms with Crippen molar-refractivity contribution in [1.29, 1.82) is 0 Å². The third kappa shape index (κ3) is 6.22. The lowest BCUT2D eigenvalue weighted by Gasteiger charge is -2.34. The van der Waals surface area contributed by atoms with Gasteiger partial charge in [0.15, 0.2) is 5.03 Å². The van der Waals surface area contributed by atoms with Gasteiger partial charge in [0.2, 0.25) is 0 Å². The molecule has 0 radical (unpaired) electrons. The van der Waals surface area contributed by atoms with Crippen molar-refractivity contribution in [2.24, 2.45) is 5.41 Å². The van der Waals surface area contributed by atoms with E-state index in [2.05, 4.69) is 23.6 Å². The number of anilines is 1. The van der Waals surface area contributed by atoms with Crippen LogP contribution in [-0.4, -0.2) is 31.6 Å². The molecule has 39 heavy (non-hydrogen) atoms. The third-order valence-corrected chi connectivity index (χ3v) is 9.35. The first kappa shape index (κ1) is 28.9. The summed E-state index contributed by atoms with van der Waals surface area (Å²) in [5, 5.41) is 9.91. The number of hydrogen-bond donors (Lipinski definition) is 2. The van der Waals surface area contributed by atoms with Crippen molar-refractivity contribution in [3.63, 3.8) is 0 Å². The van der Waals surface area contributed by atoms with Gasteiger partial charge in [-0.05, 0) is 54.7 Å². The minimum absolute atomic E-state index is 0.0857. The van der Waals surface area contributed by atoms with Crippen molar-refractivity contribution in [2.75, 3.05) is 11.8 Å². The predicted octanol–water partition coefficient (Wildman–Crippen LogP) is 7.25. The Balaban J connectivity index is 1.66. The van der Waals surface area contributed by atoms with Gasteiger partial charge in [-0.3, -0.25) is 4.72 Å². The summed E-state index contributed by atoms with van der Waals surface area (Å²) >= 11 is 0.884. The quantitative estimate of drug-likeness (QED) is 0.290. The van der Waals surface area contributed by atoms with E-state index in [1.54, 1.807) is 12.1 Å². The molecule has 1 saturated carbocycles. The van der Waals surface area contributed by atoms with Crippen molar-refractivity contribution in [1.82, 2.24) is 4.98 Å². The number of ether oxygens (including phenoxy) is 1. The molecule has 1 aromatic heterocycles. The second-order valence-corrected chi connectivity index (χ2v) is 13.1. The van der Waals surface area contributed by atoms with E-state index in [4.69, 9.17) is 9.84 Å². The normalized spacial score (nSPS) is 16.2. The van der Waals surface area contributed by atoms with Gasteiger partial charge in [0.25, 0.3) is 15.9 Å². The number of aromatic carboxylic acids is 1. The van der Waals surface area contributed by atoms with Gasteiger partial charge >= 0.3 is 5.97 Å². The van der Waals surface area contributed by atoms with Crippen LogP contribution in [-0.2, 0) is 15.9 Å². The van der Waals surface area contributed by atoms with Crippen LogP contribution in [0.1, 0.15) is 73.9 Å². The lowest BCUT2D eigenvalue weighted by molar-refractivity contribution is 0.0179. The van der Waals surface area contributed by atoms with E-state index in [-0.39, 0.29) is 38.9 Å². The number of halogens is 3. The largest absolute Gasteiger partial charge is 0.495 e. The van der Waals surface area contributed by atoms with E-state index >= 15 is 0 Å². The highest BCUT2D eigenvalue weighted by Gasteiger charge is 2.33. The number of nitrogens with one attached hydrogen (secondary N) is 1. The molecule has 0 bridgehead atoms. The Hall–Kier alpha value is -3.12. The van der Waals surface area contributed by atoms with E-state index in [0.717, 1.165) is 55.6 Å². The first-order valence-corrected chi connectivity index (χ1v) is 14.6. The van der Waals surface area contributed by atoms with E-state index in [9.17, 15) is 26.4 Å². The number of methoxy groups -OCH3 is 1. The molecule has 2 aromatic carbocycles. The summed E-state index contributed by atoms with van der Waals surface area (Å²) in [6.07, 6.45) is 3.82. The molecule has 0 aliphatic heterocycles. The van der Waals surface area contributed by atoms with Crippen LogP contribution in [0.2, 0.25) is 0 Å². The van der Waals surface area contributed by atoms with Gasteiger partial charge in [-0.2, -0.15) is 8.42 Å². The molecule has 1 aliphatic carbocycles. The number of thiazole rings is 1. The zero-order valence-electron chi connectivity index (χ0n) is 21.8. The molecule has 1 aliphatic rings. The zero-order valence-corrected chi connectivity index (χ0v) is 23.5. The number of nitrogens with zero attached hydrogens (tertiary/aromatic N) is 1. The number of rotatable bonds is 8. The molecule has 0 unspecified atom stereocenters. The molecule has 0 amide bonds. The Bertz CT molecular complexity index is 1500. The Labute approximate surface area is 229 Å². The highest BCUT2D eigenvalue weighted by atomic mass is 32.2. The Morgan fingerprint density at radius 3 is 2.46 bits per heavy atom. The maximum Gasteiger partial charge on any atom is 0.338 e. The number of carboxylic acids is 1. The van der Waals surface area contributed by atoms with E-state index in [1.807, 2.05) is 0 Å². The van der Waals surface area contributed by atoms with E-state index in [0.29, 0.717) is 6.07 Å². The second-order valence-electron chi connectivity index (χ2n) is 10.6. The van der Waals surface area contributed by atoms with Gasteiger partial charge < -0.3 is 9.84 Å². The summed E-state index contributed by atoms with van der Waals surface area (Å²) in [6.45, 7) is 5.21. The summed E-state index contributed by atoms with van der Waals surface area (Å²) in [7, 11) is -3.23. The lowest BCUT2D eigenvalue weighted by atomic mass is 9.71. The Morgan fingerprint density at radius 2 is 1.87 bits per heavy atom. The maximum atomic E-state index is 14.8. The summed E-state index contributed by atoms with van der Waals surface area (Å²) < 4.78 is 77.0. The summed E-state index contributed by atoms with van der Waals surface area (Å²) in [5.74, 6) is -5.96. The van der Waals surface area contributed by atoms with Crippen LogP contribution in [0.25, 0.3) is 10.6 Å². The molecular weight excluding hydrogens is 553 g/mol. The first-order chi connectivity index (χ1) is 18.1. The second kappa shape index (κ2) is 10.5. The zero-order chi connectivity index (χ0) is 28.8. The number of sulfonamides is 1. The number of alkyl halides is 2. The maximum absolute atomic E-state index is 14.8. The fourth-order valence-electron chi connectivity index (χ4n) is 4.77. The van der Waals surface area contributed by atoms with Gasteiger partial charge in [0.1, 0.15) is 16.6 Å². The predicted molar refractivity (Wildman–Crippen MR) is 143 cm³/mol. The average molecular weight is 583 g/mol. The molecule has 3 aromatic rings. The monoisotopic (exact) mass is 582 g/mol. The van der Waals surface area contributed by atoms with Crippen LogP contribution < -0.4 is 9.46 Å². The number of aromatic nitrogens is 1. The van der Waals surface area contributed by atoms with Crippen LogP contribution in [0, 0.1) is 11.2 Å². The molecule has 7 nitrogen and oxygen atoms in total. The average Bonchev–Trinajstić information content (AvgIpc) is 3.34. The van der Waals surface area contributed by atoms with Gasteiger partial charge in [0.05, 0.1) is 18.4 Å². The first-order valence-electron chi connectivity index (χ1n) is 12.2. The van der Waals surface area contributed by atoms with Crippen molar-refractivity contribution in [3.05, 3.63) is 58.2 Å². The number of hydrogen-bond acceptors (Lipinski definition) is 6. The molecule has 1 fully saturated rings. The highest BCUT2D eigenvalue weighted by Crippen LogP contribution is 2.45. The smallest absolute Gasteiger partial charge is 0.338 e. The van der Waals surface area contributed by atoms with E-state index < -0.39 is 38.3 Å². The van der Waals surface area contributed by atoms with Crippen LogP contribution in [0.15, 0.2) is 40.7 Å². The van der Waals surface area contributed by atoms with Crippen molar-refractivity contribution < 1.29 is 36.2 Å². The summed E-state index contributed by atoms with van der Waals surface area (Å²) in [4.78, 5) is 15.3. The van der Waals surface area contributed by atoms with Crippen LogP contribution >= 0.6 is 11.3 Å². The van der Waals surface area contributed by atoms with E-state index in [1.165, 1.54) is 18.6 Å². The number of benzene rings is 2. The SMILES string of the molecule is COc1cc(C(=O)O)c(F)cc1NS(=O)(=O)c1csc(-c2ccc(C3CCC(C)(C)CC3)cc2C(C)(F)F)n1. The molecule has 2 N–H and O–H groups in total. The van der Waals surface area contributed by atoms with Crippen LogP contribution in [0.5, 0.6) is 5.75 Å². The standard InChI is InChI=1S/C27H29F3N2O5S2/c1-26(2)9-7-15(8-10-26)16-5-6-17(19(11-16)27(3,29)30)24-31-23(14-38-24)39(35,36)32-21-13-20(28)18(25(33)34)12-22(21)37-4/h5-6,11-15,32H,7-10H2,1-4H3,(H,33,34). The number of carbonyl (C=O) groups is 1. The minimum Gasteiger partial charge on any atom is -0.495 e. The third-order valence-electron chi connectivity index (χ3n) is 7.08. The highest BCUT2D eigenvalue weighted by molar-refractivity contribution is 7.92. The molecule has 210 valence electrons. The molecule has 0 saturated heterocycles. The molecule has 12 heteroatoms. The minimum atomic E-state index is -4.40. The molecular formula is C27H29F3N2O5S2. The Kier molecular flexibility index (Phi) is 7.74. The topological polar surface area (TPSA) is 106 Å². The molecule has 0 spiro atoms. The molecule has 4 rings (SSSR count). The summed E-state index contributed by atoms with van der Waals surface area (Å²) in [6, 6.07) is 6.41. The number of carboxylic acid groups (broad SMARTS) is 1. The Morgan fingerprint density at radius 1 is 1.21 bits per heavy atom. The molecule has 1 heterocycles. The van der Waals surface area contributed by atoms with Gasteiger partial charge in [-0.1, -0.05) is 26.0 Å². The van der Waals surface area contributed by atoms with Crippen molar-refractivity contribution in [3.8, 4) is 16.3 Å². The van der Waals surface area contributed by atoms with Crippen molar-refractivity contribution >= 4 is 33.0 Å². The van der Waals surface area contributed by atoms with Crippen molar-refractivity contribution in [2.45, 2.75) is 63.3 Å². The van der Waals surface area contributed by atoms with Crippen LogP contribution in [0.3, 0.4) is 0 Å². The fourth-order valence-corrected chi connectivity index (χ4v) is 6.96. The fraction of sp³-hybridized carbons (Fsp3) is 0.407. The van der Waals surface area contributed by atoms with Gasteiger partial charge in [-0.25, -0.2) is 22.9 Å². The summed E-state index contributed by atoms with van der Waals surface area (Å²) in [5.41, 5.74) is -0.0728. The lowest BCUT2D eigenvalue weighted by Crippen LogP contribution is -2.20.